The molecule has 2 aromatic heterocycles. The van der Waals surface area contributed by atoms with Gasteiger partial charge in [0.25, 0.3) is 0 Å². The number of hydrogen-bond acceptors (Lipinski definition) is 6. The fourth-order valence-corrected chi connectivity index (χ4v) is 2.26. The van der Waals surface area contributed by atoms with E-state index < -0.39 is 5.60 Å². The summed E-state index contributed by atoms with van der Waals surface area (Å²) in [6.07, 6.45) is 4.04. The van der Waals surface area contributed by atoms with Crippen LogP contribution in [0.5, 0.6) is 0 Å². The van der Waals surface area contributed by atoms with Crippen molar-refractivity contribution < 1.29 is 9.63 Å². The highest BCUT2D eigenvalue weighted by molar-refractivity contribution is 5.79. The normalized spacial score (nSPS) is 14.5. The largest absolute Gasteiger partial charge is 0.383 e. The molecule has 26 heavy (non-hydrogen) atoms. The zero-order chi connectivity index (χ0) is 19.2. The van der Waals surface area contributed by atoms with Crippen LogP contribution in [0.4, 0.5) is 0 Å². The molecule has 0 spiro atoms. The molecular weight excluding hydrogens is 334 g/mol. The van der Waals surface area contributed by atoms with Crippen LogP contribution in [0.2, 0.25) is 0 Å². The van der Waals surface area contributed by atoms with Crippen molar-refractivity contribution >= 4 is 5.96 Å². The molecule has 144 valence electrons. The molecule has 2 heterocycles. The average Bonchev–Trinajstić information content (AvgIpc) is 3.22. The van der Waals surface area contributed by atoms with E-state index in [4.69, 9.17) is 4.52 Å². The molecule has 0 saturated heterocycles. The molecule has 2 aromatic rings. The Labute approximate surface area is 153 Å². The molecule has 0 fully saturated rings. The molecule has 0 aromatic carbocycles. The fraction of sp³-hybridized carbons (Fsp3) is 0.647. The lowest BCUT2D eigenvalue weighted by molar-refractivity contribution is 0.0672. The summed E-state index contributed by atoms with van der Waals surface area (Å²) in [7, 11) is 1.82. The molecule has 0 aliphatic rings. The van der Waals surface area contributed by atoms with Crippen molar-refractivity contribution in [3.63, 3.8) is 0 Å². The van der Waals surface area contributed by atoms with E-state index >= 15 is 0 Å². The maximum Gasteiger partial charge on any atom is 0.228 e. The van der Waals surface area contributed by atoms with Crippen LogP contribution in [0.3, 0.4) is 0 Å². The topological polar surface area (TPSA) is 113 Å². The quantitative estimate of drug-likeness (QED) is 0.472. The summed E-state index contributed by atoms with van der Waals surface area (Å²) in [6, 6.07) is 0. The van der Waals surface area contributed by atoms with Gasteiger partial charge in [-0.15, -0.1) is 0 Å². The van der Waals surface area contributed by atoms with Gasteiger partial charge in [-0.25, -0.2) is 4.99 Å². The Morgan fingerprint density at radius 2 is 2.19 bits per heavy atom. The fourth-order valence-electron chi connectivity index (χ4n) is 2.26. The molecule has 1 unspecified atom stereocenters. The van der Waals surface area contributed by atoms with E-state index in [-0.39, 0.29) is 12.5 Å². The number of aryl methyl sites for hydroxylation is 1. The van der Waals surface area contributed by atoms with Gasteiger partial charge in [0.1, 0.15) is 5.60 Å². The molecule has 2 rings (SSSR count). The van der Waals surface area contributed by atoms with E-state index in [0.29, 0.717) is 30.6 Å². The van der Waals surface area contributed by atoms with Gasteiger partial charge in [0.2, 0.25) is 5.89 Å². The molecule has 0 amide bonds. The van der Waals surface area contributed by atoms with Gasteiger partial charge in [0.05, 0.1) is 12.7 Å². The first kappa shape index (κ1) is 19.9. The summed E-state index contributed by atoms with van der Waals surface area (Å²) in [5.74, 6) is 2.18. The summed E-state index contributed by atoms with van der Waals surface area (Å²) >= 11 is 0. The Kier molecular flexibility index (Phi) is 6.73. The van der Waals surface area contributed by atoms with Crippen molar-refractivity contribution in [2.45, 2.75) is 45.6 Å². The van der Waals surface area contributed by atoms with Gasteiger partial charge >= 0.3 is 0 Å². The Balaban J connectivity index is 1.91. The molecule has 0 aliphatic heterocycles. The van der Waals surface area contributed by atoms with Crippen molar-refractivity contribution in [1.29, 1.82) is 0 Å². The number of hydrogen-bond donors (Lipinski definition) is 3. The zero-order valence-electron chi connectivity index (χ0n) is 16.2. The zero-order valence-corrected chi connectivity index (χ0v) is 16.2. The minimum atomic E-state index is -1.09. The van der Waals surface area contributed by atoms with Gasteiger partial charge in [0.15, 0.2) is 11.8 Å². The SMILES string of the molecule is CCNC(=NCC(C)(O)c1cnn(C)c1)NCCc1nc(C(C)C)no1. The molecule has 3 N–H and O–H groups in total. The van der Waals surface area contributed by atoms with Crippen molar-refractivity contribution in [1.82, 2.24) is 30.6 Å². The van der Waals surface area contributed by atoms with Crippen molar-refractivity contribution in [3.05, 3.63) is 29.7 Å². The molecule has 0 aliphatic carbocycles. The van der Waals surface area contributed by atoms with Crippen LogP contribution in [0, 0.1) is 0 Å². The predicted octanol–water partition coefficient (Wildman–Crippen LogP) is 0.932. The van der Waals surface area contributed by atoms with Crippen LogP contribution in [0.25, 0.3) is 0 Å². The first-order valence-electron chi connectivity index (χ1n) is 8.88. The Bertz CT molecular complexity index is 718. The Hall–Kier alpha value is -2.42. The van der Waals surface area contributed by atoms with Crippen molar-refractivity contribution in [2.75, 3.05) is 19.6 Å². The molecule has 1 atom stereocenters. The minimum absolute atomic E-state index is 0.214. The van der Waals surface area contributed by atoms with Gasteiger partial charge in [-0.05, 0) is 13.8 Å². The van der Waals surface area contributed by atoms with Gasteiger partial charge in [-0.2, -0.15) is 10.1 Å². The third kappa shape index (κ3) is 5.55. The van der Waals surface area contributed by atoms with Crippen LogP contribution in [0.15, 0.2) is 21.9 Å². The summed E-state index contributed by atoms with van der Waals surface area (Å²) < 4.78 is 6.89. The lowest BCUT2D eigenvalue weighted by Crippen LogP contribution is -2.39. The van der Waals surface area contributed by atoms with Gasteiger partial charge < -0.3 is 20.3 Å². The Morgan fingerprint density at radius 3 is 2.77 bits per heavy atom. The number of rotatable bonds is 8. The third-order valence-corrected chi connectivity index (χ3v) is 3.85. The number of aromatic nitrogens is 4. The maximum absolute atomic E-state index is 10.6. The van der Waals surface area contributed by atoms with Crippen LogP contribution < -0.4 is 10.6 Å². The van der Waals surface area contributed by atoms with Crippen LogP contribution >= 0.6 is 0 Å². The van der Waals surface area contributed by atoms with Crippen LogP contribution in [-0.4, -0.2) is 50.6 Å². The van der Waals surface area contributed by atoms with E-state index in [9.17, 15) is 5.11 Å². The summed E-state index contributed by atoms with van der Waals surface area (Å²) in [6.45, 7) is 9.30. The van der Waals surface area contributed by atoms with Gasteiger partial charge in [-0.1, -0.05) is 19.0 Å². The number of nitrogens with zero attached hydrogens (tertiary/aromatic N) is 5. The van der Waals surface area contributed by atoms with Crippen LogP contribution in [-0.2, 0) is 19.1 Å². The van der Waals surface area contributed by atoms with Crippen molar-refractivity contribution in [2.24, 2.45) is 12.0 Å². The standard InChI is InChI=1S/C17H29N7O2/c1-6-18-16(19-8-7-14-22-15(12(2)3)23-26-14)20-11-17(4,25)13-9-21-24(5)10-13/h9-10,12,25H,6-8,11H2,1-5H3,(H2,18,19,20). The Morgan fingerprint density at radius 1 is 1.42 bits per heavy atom. The third-order valence-electron chi connectivity index (χ3n) is 3.85. The minimum Gasteiger partial charge on any atom is -0.383 e. The lowest BCUT2D eigenvalue weighted by atomic mass is 10.0. The first-order chi connectivity index (χ1) is 12.3. The molecule has 9 heteroatoms. The van der Waals surface area contributed by atoms with E-state index in [1.54, 1.807) is 24.0 Å². The van der Waals surface area contributed by atoms with Gasteiger partial charge in [-0.3, -0.25) is 4.68 Å². The predicted molar refractivity (Wildman–Crippen MR) is 98.9 cm³/mol. The monoisotopic (exact) mass is 363 g/mol. The molecule has 9 nitrogen and oxygen atoms in total. The first-order valence-corrected chi connectivity index (χ1v) is 8.88. The van der Waals surface area contributed by atoms with E-state index in [1.165, 1.54) is 0 Å². The maximum atomic E-state index is 10.6. The number of nitrogens with one attached hydrogen (secondary N) is 2. The van der Waals surface area contributed by atoms with Gasteiger partial charge in [0, 0.05) is 44.2 Å². The van der Waals surface area contributed by atoms with Crippen LogP contribution in [0.1, 0.15) is 50.9 Å². The second-order valence-electron chi connectivity index (χ2n) is 6.75. The highest BCUT2D eigenvalue weighted by atomic mass is 16.5. The van der Waals surface area contributed by atoms with Crippen molar-refractivity contribution in [3.8, 4) is 0 Å². The molecule has 0 radical (unpaired) electrons. The second-order valence-corrected chi connectivity index (χ2v) is 6.75. The summed E-state index contributed by atoms with van der Waals surface area (Å²) in [4.78, 5) is 8.83. The highest BCUT2D eigenvalue weighted by Crippen LogP contribution is 2.19. The molecule has 0 bridgehead atoms. The second kappa shape index (κ2) is 8.79. The number of aliphatic imine (C=N–C) groups is 1. The number of aliphatic hydroxyl groups is 1. The average molecular weight is 363 g/mol. The molecule has 0 saturated carbocycles. The smallest absolute Gasteiger partial charge is 0.228 e. The van der Waals surface area contributed by atoms with E-state index in [1.807, 2.05) is 27.8 Å². The van der Waals surface area contributed by atoms with E-state index in [2.05, 4.69) is 30.9 Å². The molecular formula is C17H29N7O2. The highest BCUT2D eigenvalue weighted by Gasteiger charge is 2.24. The summed E-state index contributed by atoms with van der Waals surface area (Å²) in [5, 5.41) is 25.1. The van der Waals surface area contributed by atoms with E-state index in [0.717, 1.165) is 12.1 Å². The number of guanidine groups is 1. The lowest BCUT2D eigenvalue weighted by Gasteiger charge is -2.20. The summed E-state index contributed by atoms with van der Waals surface area (Å²) in [5.41, 5.74) is -0.360.